The third-order valence-corrected chi connectivity index (χ3v) is 0.811. The van der Waals surface area contributed by atoms with Gasteiger partial charge in [-0.05, 0) is 0 Å². The first-order valence-corrected chi connectivity index (χ1v) is 4.08. The molecule has 4 heteroatoms. The maximum Gasteiger partial charge on any atom is 0.327 e. The van der Waals surface area contributed by atoms with Crippen LogP contribution in [0.3, 0.4) is 0 Å². The number of halogens is 1. The van der Waals surface area contributed by atoms with Crippen molar-refractivity contribution in [3.05, 3.63) is 49.0 Å². The van der Waals surface area contributed by atoms with E-state index in [2.05, 4.69) is 42.2 Å². The third kappa shape index (κ3) is 79.5. The first-order valence-electron chi connectivity index (χ1n) is 3.28. The van der Waals surface area contributed by atoms with Crippen molar-refractivity contribution in [2.24, 2.45) is 0 Å². The molecule has 0 heterocycles. The van der Waals surface area contributed by atoms with E-state index in [4.69, 9.17) is 10.4 Å². The van der Waals surface area contributed by atoms with Gasteiger partial charge in [-0.25, -0.2) is 4.79 Å². The lowest BCUT2D eigenvalue weighted by Crippen LogP contribution is -1.82. The highest BCUT2D eigenvalue weighted by molar-refractivity contribution is 9.11. The van der Waals surface area contributed by atoms with Gasteiger partial charge < -0.3 is 5.11 Å². The quantitative estimate of drug-likeness (QED) is 0.470. The van der Waals surface area contributed by atoms with Gasteiger partial charge in [0.25, 0.3) is 0 Å². The van der Waals surface area contributed by atoms with E-state index in [-0.39, 0.29) is 0 Å². The Labute approximate surface area is 92.5 Å². The van der Waals surface area contributed by atoms with Crippen LogP contribution in [0.25, 0.3) is 0 Å². The Hall–Kier alpha value is -1.60. The molecule has 0 atom stereocenters. The summed E-state index contributed by atoms with van der Waals surface area (Å²) in [6.07, 6.45) is 3.65. The summed E-state index contributed by atoms with van der Waals surface area (Å²) in [6, 6.07) is 1.69. The molecule has 0 unspecified atom stereocenters. The molecule has 0 radical (unpaired) electrons. The highest BCUT2D eigenvalue weighted by atomic mass is 79.9. The molecule has 0 aliphatic carbocycles. The summed E-state index contributed by atoms with van der Waals surface area (Å²) in [5.74, 6) is -0.981. The number of carboxylic acids is 1. The molecule has 0 aliphatic rings. The van der Waals surface area contributed by atoms with Crippen LogP contribution in [0.5, 0.6) is 0 Å². The second-order valence-electron chi connectivity index (χ2n) is 1.53. The highest BCUT2D eigenvalue weighted by Crippen LogP contribution is 1.97. The number of aliphatic carboxylic acids is 1. The van der Waals surface area contributed by atoms with Crippen LogP contribution in [-0.4, -0.2) is 11.1 Å². The fraction of sp³-hybridized carbons (Fsp3) is 0. The number of rotatable bonds is 2. The summed E-state index contributed by atoms with van der Waals surface area (Å²) in [5.41, 5.74) is 0. The normalized spacial score (nSPS) is 5.71. The molecule has 0 amide bonds. The van der Waals surface area contributed by atoms with Gasteiger partial charge in [-0.1, -0.05) is 48.3 Å². The molecule has 14 heavy (non-hydrogen) atoms. The number of carboxylic acid groups (broad SMARTS) is 1. The summed E-state index contributed by atoms with van der Waals surface area (Å²) >= 11 is 3.06. The number of allylic oxidation sites excluding steroid dienone is 3. The Morgan fingerprint density at radius 3 is 1.57 bits per heavy atom. The average molecular weight is 258 g/mol. The summed E-state index contributed by atoms with van der Waals surface area (Å²) in [7, 11) is 0. The minimum Gasteiger partial charge on any atom is -0.478 e. The van der Waals surface area contributed by atoms with Crippen molar-refractivity contribution in [3.8, 4) is 6.07 Å². The Morgan fingerprint density at radius 2 is 1.57 bits per heavy atom. The van der Waals surface area contributed by atoms with Gasteiger partial charge in [0.1, 0.15) is 0 Å². The molecule has 0 saturated heterocycles. The minimum atomic E-state index is -0.981. The number of nitrogens with zero attached hydrogens (tertiary/aromatic N) is 1. The Morgan fingerprint density at radius 1 is 1.36 bits per heavy atom. The summed E-state index contributed by atoms with van der Waals surface area (Å²) in [4.78, 5) is 9.25. The van der Waals surface area contributed by atoms with Crippen molar-refractivity contribution in [2.45, 2.75) is 0 Å². The van der Waals surface area contributed by atoms with Crippen LogP contribution in [0, 0.1) is 11.3 Å². The number of nitriles is 1. The molecule has 0 aromatic heterocycles. The molecule has 0 aromatic carbocycles. The molecular formula is C10H12BrNO2. The van der Waals surface area contributed by atoms with Crippen LogP contribution in [0.15, 0.2) is 49.0 Å². The summed E-state index contributed by atoms with van der Waals surface area (Å²) in [6.45, 7) is 13.0. The van der Waals surface area contributed by atoms with Crippen LogP contribution in [-0.2, 0) is 4.79 Å². The van der Waals surface area contributed by atoms with Crippen molar-refractivity contribution in [3.63, 3.8) is 0 Å². The molecule has 0 saturated carbocycles. The van der Waals surface area contributed by atoms with E-state index < -0.39 is 5.97 Å². The van der Waals surface area contributed by atoms with Crippen LogP contribution in [0.4, 0.5) is 0 Å². The second kappa shape index (κ2) is 17.5. The standard InChI is InChI=1S/C4H5Br.C3H3N.C3H4O2/c1-3-4(2)5;1-2-3-4;1-2-3(4)5/h3H,1-2H2;2H,1H2;2H,1H2,(H,4,5). The zero-order valence-corrected chi connectivity index (χ0v) is 9.33. The predicted molar refractivity (Wildman–Crippen MR) is 61.9 cm³/mol. The molecule has 0 aromatic rings. The molecular weight excluding hydrogens is 246 g/mol. The number of hydrogen-bond acceptors (Lipinski definition) is 2. The molecule has 76 valence electrons. The lowest BCUT2D eigenvalue weighted by molar-refractivity contribution is -0.131. The zero-order valence-electron chi connectivity index (χ0n) is 7.74. The fourth-order valence-corrected chi connectivity index (χ4v) is 0. The molecule has 3 nitrogen and oxygen atoms in total. The lowest BCUT2D eigenvalue weighted by Gasteiger charge is -1.68. The summed E-state index contributed by atoms with van der Waals surface area (Å²) in [5, 5.41) is 15.1. The van der Waals surface area contributed by atoms with Gasteiger partial charge >= 0.3 is 5.97 Å². The van der Waals surface area contributed by atoms with Crippen molar-refractivity contribution in [1.82, 2.24) is 0 Å². The lowest BCUT2D eigenvalue weighted by atomic mass is 10.6. The Bertz CT molecular complexity index is 233. The molecule has 0 bridgehead atoms. The minimum absolute atomic E-state index is 0.831. The number of hydrogen-bond donors (Lipinski definition) is 1. The van der Waals surface area contributed by atoms with Gasteiger partial charge in [0.2, 0.25) is 0 Å². The molecule has 1 N–H and O–H groups in total. The van der Waals surface area contributed by atoms with Crippen LogP contribution < -0.4 is 0 Å². The Kier molecular flexibility index (Phi) is 22.8. The van der Waals surface area contributed by atoms with Crippen molar-refractivity contribution in [2.75, 3.05) is 0 Å². The highest BCUT2D eigenvalue weighted by Gasteiger charge is 1.73. The van der Waals surface area contributed by atoms with Gasteiger partial charge in [-0.15, -0.1) is 0 Å². The first-order chi connectivity index (χ1) is 6.45. The monoisotopic (exact) mass is 257 g/mol. The SMILES string of the molecule is C=CC#N.C=CC(=C)Br.C=CC(=O)O. The van der Waals surface area contributed by atoms with Crippen LogP contribution in [0.1, 0.15) is 0 Å². The van der Waals surface area contributed by atoms with E-state index >= 15 is 0 Å². The van der Waals surface area contributed by atoms with Crippen molar-refractivity contribution >= 4 is 21.9 Å². The first kappa shape index (κ1) is 18.2. The van der Waals surface area contributed by atoms with E-state index in [1.165, 1.54) is 6.08 Å². The maximum absolute atomic E-state index is 9.25. The van der Waals surface area contributed by atoms with Crippen molar-refractivity contribution < 1.29 is 9.90 Å². The fourth-order valence-electron chi connectivity index (χ4n) is 0. The topological polar surface area (TPSA) is 61.1 Å². The van der Waals surface area contributed by atoms with E-state index in [0.717, 1.165) is 10.6 Å². The van der Waals surface area contributed by atoms with Gasteiger partial charge in [0.15, 0.2) is 0 Å². The van der Waals surface area contributed by atoms with Gasteiger partial charge in [0, 0.05) is 16.6 Å². The van der Waals surface area contributed by atoms with E-state index in [0.29, 0.717) is 0 Å². The summed E-state index contributed by atoms with van der Waals surface area (Å²) < 4.78 is 0.831. The zero-order chi connectivity index (χ0) is 12.0. The van der Waals surface area contributed by atoms with Gasteiger partial charge in [0.05, 0.1) is 6.07 Å². The molecule has 0 spiro atoms. The van der Waals surface area contributed by atoms with E-state index in [1.54, 1.807) is 12.1 Å². The molecule has 0 fully saturated rings. The average Bonchev–Trinajstić information content (AvgIpc) is 2.19. The largest absolute Gasteiger partial charge is 0.478 e. The van der Waals surface area contributed by atoms with Crippen LogP contribution >= 0.6 is 15.9 Å². The van der Waals surface area contributed by atoms with Crippen molar-refractivity contribution in [1.29, 1.82) is 5.26 Å². The van der Waals surface area contributed by atoms with Gasteiger partial charge in [-0.2, -0.15) is 5.26 Å². The maximum atomic E-state index is 9.25. The van der Waals surface area contributed by atoms with Crippen LogP contribution in [0.2, 0.25) is 0 Å². The number of carbonyl (C=O) groups is 1. The molecule has 0 aliphatic heterocycles. The predicted octanol–water partition coefficient (Wildman–Crippen LogP) is 3.03. The van der Waals surface area contributed by atoms with E-state index in [9.17, 15) is 4.79 Å². The Balaban J connectivity index is -0.000000131. The van der Waals surface area contributed by atoms with Gasteiger partial charge in [-0.3, -0.25) is 0 Å². The second-order valence-corrected chi connectivity index (χ2v) is 2.55. The third-order valence-electron chi connectivity index (χ3n) is 0.487. The smallest absolute Gasteiger partial charge is 0.327 e. The molecule has 0 rings (SSSR count). The van der Waals surface area contributed by atoms with E-state index in [1.807, 2.05) is 0 Å².